The molecule has 0 atom stereocenters. The highest BCUT2D eigenvalue weighted by atomic mass is 16.5. The van der Waals surface area contributed by atoms with Crippen LogP contribution in [0.3, 0.4) is 0 Å². The summed E-state index contributed by atoms with van der Waals surface area (Å²) in [4.78, 5) is 8.68. The minimum atomic E-state index is 0.0719. The van der Waals surface area contributed by atoms with E-state index in [-0.39, 0.29) is 6.61 Å². The minimum absolute atomic E-state index is 0.0719. The molecule has 1 heterocycles. The molecule has 0 fully saturated rings. The van der Waals surface area contributed by atoms with Crippen molar-refractivity contribution in [3.63, 3.8) is 0 Å². The Kier molecular flexibility index (Phi) is 7.05. The highest BCUT2D eigenvalue weighted by molar-refractivity contribution is 5.47. The van der Waals surface area contributed by atoms with Gasteiger partial charge in [-0.05, 0) is 13.3 Å². The van der Waals surface area contributed by atoms with Gasteiger partial charge in [0.15, 0.2) is 5.82 Å². The summed E-state index contributed by atoms with van der Waals surface area (Å²) in [5.41, 5.74) is 0. The lowest BCUT2D eigenvalue weighted by molar-refractivity contribution is 0.128. The SMILES string of the molecule is CCCNc1cc(NCCO)nc(COCC)n1. The van der Waals surface area contributed by atoms with E-state index in [0.29, 0.717) is 31.4 Å². The molecule has 6 nitrogen and oxygen atoms in total. The first-order valence-corrected chi connectivity index (χ1v) is 6.34. The minimum Gasteiger partial charge on any atom is -0.395 e. The van der Waals surface area contributed by atoms with Crippen molar-refractivity contribution >= 4 is 11.6 Å². The van der Waals surface area contributed by atoms with E-state index in [1.807, 2.05) is 13.0 Å². The van der Waals surface area contributed by atoms with E-state index in [4.69, 9.17) is 9.84 Å². The topological polar surface area (TPSA) is 79.3 Å². The second-order valence-electron chi connectivity index (χ2n) is 3.77. The van der Waals surface area contributed by atoms with Gasteiger partial charge in [-0.25, -0.2) is 9.97 Å². The van der Waals surface area contributed by atoms with E-state index in [2.05, 4.69) is 27.5 Å². The van der Waals surface area contributed by atoms with Gasteiger partial charge in [0.2, 0.25) is 0 Å². The summed E-state index contributed by atoms with van der Waals surface area (Å²) in [7, 11) is 0. The quantitative estimate of drug-likeness (QED) is 0.615. The van der Waals surface area contributed by atoms with E-state index in [1.54, 1.807) is 0 Å². The lowest BCUT2D eigenvalue weighted by Gasteiger charge is -2.10. The Hall–Kier alpha value is -1.40. The van der Waals surface area contributed by atoms with Crippen LogP contribution in [-0.4, -0.2) is 41.4 Å². The molecule has 0 bridgehead atoms. The number of aliphatic hydroxyl groups excluding tert-OH is 1. The van der Waals surface area contributed by atoms with Gasteiger partial charge in [-0.2, -0.15) is 0 Å². The Balaban J connectivity index is 2.74. The van der Waals surface area contributed by atoms with Crippen molar-refractivity contribution in [3.8, 4) is 0 Å². The predicted molar refractivity (Wildman–Crippen MR) is 71.7 cm³/mol. The van der Waals surface area contributed by atoms with Crippen LogP contribution in [0.15, 0.2) is 6.07 Å². The molecule has 18 heavy (non-hydrogen) atoms. The molecule has 1 aromatic rings. The fourth-order valence-corrected chi connectivity index (χ4v) is 1.37. The van der Waals surface area contributed by atoms with Crippen LogP contribution in [0.25, 0.3) is 0 Å². The average Bonchev–Trinajstić information content (AvgIpc) is 2.40. The lowest BCUT2D eigenvalue weighted by Crippen LogP contribution is -2.11. The van der Waals surface area contributed by atoms with Crippen LogP contribution in [0.5, 0.6) is 0 Å². The molecule has 0 unspecified atom stereocenters. The number of hydrogen-bond donors (Lipinski definition) is 3. The van der Waals surface area contributed by atoms with E-state index < -0.39 is 0 Å². The third-order valence-electron chi connectivity index (χ3n) is 2.18. The molecule has 102 valence electrons. The van der Waals surface area contributed by atoms with Crippen molar-refractivity contribution in [1.82, 2.24) is 9.97 Å². The molecule has 0 aliphatic carbocycles. The van der Waals surface area contributed by atoms with E-state index in [1.165, 1.54) is 0 Å². The zero-order valence-corrected chi connectivity index (χ0v) is 11.1. The van der Waals surface area contributed by atoms with E-state index in [0.717, 1.165) is 18.8 Å². The maximum Gasteiger partial charge on any atom is 0.158 e. The third-order valence-corrected chi connectivity index (χ3v) is 2.18. The number of anilines is 2. The summed E-state index contributed by atoms with van der Waals surface area (Å²) in [6, 6.07) is 1.83. The molecule has 0 aliphatic rings. The van der Waals surface area contributed by atoms with Crippen molar-refractivity contribution in [2.24, 2.45) is 0 Å². The molecule has 6 heteroatoms. The summed E-state index contributed by atoms with van der Waals surface area (Å²) < 4.78 is 5.31. The largest absolute Gasteiger partial charge is 0.395 e. The van der Waals surface area contributed by atoms with Gasteiger partial charge < -0.3 is 20.5 Å². The standard InChI is InChI=1S/C12H22N4O2/c1-3-5-13-10-8-11(14-6-7-17)16-12(15-10)9-18-4-2/h8,17H,3-7,9H2,1-2H3,(H2,13,14,15,16). The van der Waals surface area contributed by atoms with Gasteiger partial charge in [-0.1, -0.05) is 6.92 Å². The first kappa shape index (κ1) is 14.7. The van der Waals surface area contributed by atoms with Crippen LogP contribution in [0.4, 0.5) is 11.6 Å². The number of aromatic nitrogens is 2. The Morgan fingerprint density at radius 1 is 1.17 bits per heavy atom. The predicted octanol–water partition coefficient (Wildman–Crippen LogP) is 1.24. The van der Waals surface area contributed by atoms with Gasteiger partial charge in [-0.3, -0.25) is 0 Å². The first-order chi connectivity index (χ1) is 8.80. The molecule has 0 saturated heterocycles. The van der Waals surface area contributed by atoms with Crippen molar-refractivity contribution in [2.45, 2.75) is 26.9 Å². The number of nitrogens with zero attached hydrogens (tertiary/aromatic N) is 2. The number of hydrogen-bond acceptors (Lipinski definition) is 6. The number of aliphatic hydroxyl groups is 1. The van der Waals surface area contributed by atoms with Crippen molar-refractivity contribution in [3.05, 3.63) is 11.9 Å². The van der Waals surface area contributed by atoms with Gasteiger partial charge in [0.1, 0.15) is 18.2 Å². The van der Waals surface area contributed by atoms with Gasteiger partial charge >= 0.3 is 0 Å². The first-order valence-electron chi connectivity index (χ1n) is 6.34. The molecule has 0 aliphatic heterocycles. The summed E-state index contributed by atoms with van der Waals surface area (Å²) >= 11 is 0. The second-order valence-corrected chi connectivity index (χ2v) is 3.77. The zero-order valence-electron chi connectivity index (χ0n) is 11.1. The summed E-state index contributed by atoms with van der Waals surface area (Å²) in [6.07, 6.45) is 1.03. The zero-order chi connectivity index (χ0) is 13.2. The summed E-state index contributed by atoms with van der Waals surface area (Å²) in [6.45, 7) is 6.47. The number of ether oxygens (including phenoxy) is 1. The molecule has 3 N–H and O–H groups in total. The van der Waals surface area contributed by atoms with Crippen molar-refractivity contribution in [2.75, 3.05) is 36.9 Å². The lowest BCUT2D eigenvalue weighted by atomic mass is 10.4. The highest BCUT2D eigenvalue weighted by Crippen LogP contribution is 2.12. The summed E-state index contributed by atoms with van der Waals surface area (Å²) in [5, 5.41) is 15.1. The Morgan fingerprint density at radius 2 is 1.83 bits per heavy atom. The van der Waals surface area contributed by atoms with E-state index in [9.17, 15) is 0 Å². The summed E-state index contributed by atoms with van der Waals surface area (Å²) in [5.74, 6) is 2.12. The van der Waals surface area contributed by atoms with Crippen LogP contribution < -0.4 is 10.6 Å². The van der Waals surface area contributed by atoms with Gasteiger partial charge in [-0.15, -0.1) is 0 Å². The molecule has 0 saturated carbocycles. The van der Waals surface area contributed by atoms with E-state index >= 15 is 0 Å². The Morgan fingerprint density at radius 3 is 2.39 bits per heavy atom. The maximum absolute atomic E-state index is 8.80. The van der Waals surface area contributed by atoms with Gasteiger partial charge in [0.25, 0.3) is 0 Å². The normalized spacial score (nSPS) is 10.4. The smallest absolute Gasteiger partial charge is 0.158 e. The Labute approximate surface area is 108 Å². The molecule has 0 aromatic carbocycles. The highest BCUT2D eigenvalue weighted by Gasteiger charge is 2.04. The van der Waals surface area contributed by atoms with Crippen molar-refractivity contribution < 1.29 is 9.84 Å². The second kappa shape index (κ2) is 8.66. The van der Waals surface area contributed by atoms with Crippen LogP contribution in [0.1, 0.15) is 26.1 Å². The monoisotopic (exact) mass is 254 g/mol. The molecule has 1 rings (SSSR count). The molecule has 1 aromatic heterocycles. The van der Waals surface area contributed by atoms with Crippen LogP contribution >= 0.6 is 0 Å². The van der Waals surface area contributed by atoms with Gasteiger partial charge in [0, 0.05) is 25.8 Å². The maximum atomic E-state index is 8.80. The van der Waals surface area contributed by atoms with Gasteiger partial charge in [0.05, 0.1) is 6.61 Å². The fourth-order valence-electron chi connectivity index (χ4n) is 1.37. The fraction of sp³-hybridized carbons (Fsp3) is 0.667. The number of rotatable bonds is 9. The molecule has 0 spiro atoms. The van der Waals surface area contributed by atoms with Crippen LogP contribution in [0.2, 0.25) is 0 Å². The molecule has 0 amide bonds. The molecular formula is C12H22N4O2. The average molecular weight is 254 g/mol. The Bertz CT molecular complexity index is 282. The van der Waals surface area contributed by atoms with Crippen LogP contribution in [0, 0.1) is 0 Å². The van der Waals surface area contributed by atoms with Crippen molar-refractivity contribution in [1.29, 1.82) is 0 Å². The molecular weight excluding hydrogens is 232 g/mol. The van der Waals surface area contributed by atoms with Crippen LogP contribution in [-0.2, 0) is 11.3 Å². The molecule has 0 radical (unpaired) electrons. The third kappa shape index (κ3) is 5.29. The number of nitrogens with one attached hydrogen (secondary N) is 2.